The Labute approximate surface area is 110 Å². The van der Waals surface area contributed by atoms with E-state index in [4.69, 9.17) is 0 Å². The molecule has 18 heavy (non-hydrogen) atoms. The third-order valence-corrected chi connectivity index (χ3v) is 4.38. The van der Waals surface area contributed by atoms with Crippen LogP contribution in [0.1, 0.15) is 5.69 Å². The molecule has 2 rings (SSSR count). The van der Waals surface area contributed by atoms with Crippen LogP contribution in [-0.2, 0) is 10.0 Å². The first-order valence-electron chi connectivity index (χ1n) is 4.67. The number of halogens is 2. The molecule has 1 N–H and O–H groups in total. The molecule has 96 valence electrons. The van der Waals surface area contributed by atoms with Gasteiger partial charge < -0.3 is 0 Å². The van der Waals surface area contributed by atoms with E-state index in [1.807, 2.05) is 0 Å². The molecule has 0 aliphatic carbocycles. The summed E-state index contributed by atoms with van der Waals surface area (Å²) < 4.78 is 43.6. The lowest BCUT2D eigenvalue weighted by molar-refractivity contribution is 0.306. The lowest BCUT2D eigenvalue weighted by atomic mass is 10.3. The maximum atomic E-state index is 12.9. The standard InChI is InChI=1S/C9H7BrFN3O3S/c1-5-9(13-17-12-5)14-18(15,16)8-3-2-6(11)4-7(8)10/h2-4H,1H3,(H,13,14). The van der Waals surface area contributed by atoms with Crippen molar-refractivity contribution in [2.75, 3.05) is 4.72 Å². The lowest BCUT2D eigenvalue weighted by Gasteiger charge is -2.07. The van der Waals surface area contributed by atoms with Gasteiger partial charge in [-0.3, -0.25) is 4.72 Å². The second kappa shape index (κ2) is 4.65. The number of rotatable bonds is 3. The van der Waals surface area contributed by atoms with Gasteiger partial charge in [0.1, 0.15) is 16.4 Å². The summed E-state index contributed by atoms with van der Waals surface area (Å²) in [5.41, 5.74) is 0.303. The molecule has 0 spiro atoms. The average molecular weight is 336 g/mol. The van der Waals surface area contributed by atoms with Gasteiger partial charge in [-0.05, 0) is 46.2 Å². The smallest absolute Gasteiger partial charge is 0.259 e. The van der Waals surface area contributed by atoms with Crippen LogP contribution in [0.3, 0.4) is 0 Å². The highest BCUT2D eigenvalue weighted by Gasteiger charge is 2.21. The summed E-state index contributed by atoms with van der Waals surface area (Å²) in [6.07, 6.45) is 0. The second-order valence-corrected chi connectivity index (χ2v) is 5.88. The molecule has 6 nitrogen and oxygen atoms in total. The number of anilines is 1. The fraction of sp³-hybridized carbons (Fsp3) is 0.111. The van der Waals surface area contributed by atoms with E-state index in [1.54, 1.807) is 0 Å². The van der Waals surface area contributed by atoms with Gasteiger partial charge in [0.25, 0.3) is 10.0 Å². The molecule has 1 heterocycles. The minimum atomic E-state index is -3.88. The summed E-state index contributed by atoms with van der Waals surface area (Å²) in [5.74, 6) is -0.550. The molecule has 0 aliphatic heterocycles. The molecule has 0 atom stereocenters. The fourth-order valence-electron chi connectivity index (χ4n) is 1.20. The molecule has 0 amide bonds. The van der Waals surface area contributed by atoms with Crippen LogP contribution in [-0.4, -0.2) is 18.7 Å². The van der Waals surface area contributed by atoms with Gasteiger partial charge in [-0.15, -0.1) is 0 Å². The van der Waals surface area contributed by atoms with Crippen molar-refractivity contribution in [3.63, 3.8) is 0 Å². The Hall–Kier alpha value is -1.48. The van der Waals surface area contributed by atoms with E-state index in [0.717, 1.165) is 18.2 Å². The zero-order valence-electron chi connectivity index (χ0n) is 9.02. The molecule has 0 unspecified atom stereocenters. The monoisotopic (exact) mass is 335 g/mol. The number of sulfonamides is 1. The van der Waals surface area contributed by atoms with E-state index in [2.05, 4.69) is 35.6 Å². The van der Waals surface area contributed by atoms with Crippen LogP contribution in [0.5, 0.6) is 0 Å². The molecule has 0 saturated carbocycles. The second-order valence-electron chi connectivity index (χ2n) is 3.38. The Morgan fingerprint density at radius 3 is 2.67 bits per heavy atom. The Bertz CT molecular complexity index is 686. The number of nitrogens with one attached hydrogen (secondary N) is 1. The first-order chi connectivity index (χ1) is 8.40. The van der Waals surface area contributed by atoms with E-state index in [1.165, 1.54) is 6.92 Å². The molecule has 0 fully saturated rings. The number of hydrogen-bond donors (Lipinski definition) is 1. The summed E-state index contributed by atoms with van der Waals surface area (Å²) in [6.45, 7) is 1.54. The quantitative estimate of drug-likeness (QED) is 0.928. The van der Waals surface area contributed by atoms with E-state index >= 15 is 0 Å². The van der Waals surface area contributed by atoms with Gasteiger partial charge in [0.15, 0.2) is 0 Å². The summed E-state index contributed by atoms with van der Waals surface area (Å²) in [7, 11) is -3.88. The lowest BCUT2D eigenvalue weighted by Crippen LogP contribution is -2.14. The SMILES string of the molecule is Cc1nonc1NS(=O)(=O)c1ccc(F)cc1Br. The van der Waals surface area contributed by atoms with Crippen LogP contribution in [0.4, 0.5) is 10.2 Å². The van der Waals surface area contributed by atoms with Crippen LogP contribution >= 0.6 is 15.9 Å². The first-order valence-corrected chi connectivity index (χ1v) is 6.95. The third kappa shape index (κ3) is 2.51. The maximum absolute atomic E-state index is 12.9. The van der Waals surface area contributed by atoms with Crippen molar-refractivity contribution in [1.82, 2.24) is 10.3 Å². The van der Waals surface area contributed by atoms with Crippen molar-refractivity contribution in [2.45, 2.75) is 11.8 Å². The molecule has 0 radical (unpaired) electrons. The van der Waals surface area contributed by atoms with Crippen LogP contribution in [0, 0.1) is 12.7 Å². The summed E-state index contributed by atoms with van der Waals surface area (Å²) in [4.78, 5) is -0.105. The van der Waals surface area contributed by atoms with E-state index in [-0.39, 0.29) is 15.2 Å². The molecule has 0 saturated heterocycles. The molecule has 1 aromatic carbocycles. The predicted octanol–water partition coefficient (Wildman–Crippen LogP) is 2.08. The van der Waals surface area contributed by atoms with E-state index < -0.39 is 15.8 Å². The van der Waals surface area contributed by atoms with Crippen LogP contribution < -0.4 is 4.72 Å². The number of nitrogens with zero attached hydrogens (tertiary/aromatic N) is 2. The largest absolute Gasteiger partial charge is 0.264 e. The molecule has 0 bridgehead atoms. The van der Waals surface area contributed by atoms with Gasteiger partial charge in [-0.25, -0.2) is 17.4 Å². The van der Waals surface area contributed by atoms with Gasteiger partial charge in [-0.2, -0.15) is 0 Å². The van der Waals surface area contributed by atoms with Gasteiger partial charge in [-0.1, -0.05) is 5.16 Å². The maximum Gasteiger partial charge on any atom is 0.264 e. The van der Waals surface area contributed by atoms with Crippen molar-refractivity contribution >= 4 is 31.8 Å². The van der Waals surface area contributed by atoms with Crippen LogP contribution in [0.15, 0.2) is 32.2 Å². The molecular weight excluding hydrogens is 329 g/mol. The van der Waals surface area contributed by atoms with Crippen LogP contribution in [0.25, 0.3) is 0 Å². The summed E-state index contributed by atoms with van der Waals surface area (Å²) in [6, 6.07) is 3.25. The summed E-state index contributed by atoms with van der Waals surface area (Å²) >= 11 is 2.99. The first kappa shape index (κ1) is 13.0. The highest BCUT2D eigenvalue weighted by molar-refractivity contribution is 9.10. The topological polar surface area (TPSA) is 85.1 Å². The van der Waals surface area contributed by atoms with Gasteiger partial charge in [0, 0.05) is 4.47 Å². The van der Waals surface area contributed by atoms with Crippen LogP contribution in [0.2, 0.25) is 0 Å². The number of hydrogen-bond acceptors (Lipinski definition) is 5. The third-order valence-electron chi connectivity index (χ3n) is 2.07. The molecule has 0 aliphatic rings. The minimum Gasteiger partial charge on any atom is -0.259 e. The number of aryl methyl sites for hydroxylation is 1. The van der Waals surface area contributed by atoms with Crippen molar-refractivity contribution in [3.8, 4) is 0 Å². The van der Waals surface area contributed by atoms with Gasteiger partial charge in [0.05, 0.1) is 0 Å². The zero-order valence-corrected chi connectivity index (χ0v) is 11.4. The molecule has 1 aromatic heterocycles. The normalized spacial score (nSPS) is 11.5. The van der Waals surface area contributed by atoms with Gasteiger partial charge in [0.2, 0.25) is 5.82 Å². The fourth-order valence-corrected chi connectivity index (χ4v) is 3.30. The van der Waals surface area contributed by atoms with E-state index in [9.17, 15) is 12.8 Å². The predicted molar refractivity (Wildman–Crippen MR) is 63.9 cm³/mol. The van der Waals surface area contributed by atoms with E-state index in [0.29, 0.717) is 5.69 Å². The van der Waals surface area contributed by atoms with Gasteiger partial charge >= 0.3 is 0 Å². The summed E-state index contributed by atoms with van der Waals surface area (Å²) in [5, 5.41) is 6.85. The minimum absolute atomic E-state index is 0.00812. The Balaban J connectivity index is 2.40. The Morgan fingerprint density at radius 1 is 1.39 bits per heavy atom. The molecule has 2 aromatic rings. The van der Waals surface area contributed by atoms with Crippen molar-refractivity contribution in [1.29, 1.82) is 0 Å². The number of benzene rings is 1. The van der Waals surface area contributed by atoms with Crippen molar-refractivity contribution in [3.05, 3.63) is 34.2 Å². The van der Waals surface area contributed by atoms with Crippen molar-refractivity contribution < 1.29 is 17.4 Å². The molecule has 9 heteroatoms. The number of aromatic nitrogens is 2. The van der Waals surface area contributed by atoms with Crippen molar-refractivity contribution in [2.24, 2.45) is 0 Å². The highest BCUT2D eigenvalue weighted by Crippen LogP contribution is 2.25. The zero-order chi connectivity index (χ0) is 13.3. The Kier molecular flexibility index (Phi) is 3.35. The average Bonchev–Trinajstić information content (AvgIpc) is 2.63. The molecular formula is C9H7BrFN3O3S. The highest BCUT2D eigenvalue weighted by atomic mass is 79.9. The Morgan fingerprint density at radius 2 is 2.11 bits per heavy atom.